The Labute approximate surface area is 193 Å². The number of esters is 2. The van der Waals surface area contributed by atoms with E-state index in [1.165, 1.54) is 38.5 Å². The zero-order chi connectivity index (χ0) is 22.7. The first-order valence-corrected chi connectivity index (χ1v) is 12.9. The maximum Gasteiger partial charge on any atom is 0.333 e. The van der Waals surface area contributed by atoms with E-state index in [2.05, 4.69) is 13.2 Å². The third kappa shape index (κ3) is 4.31. The topological polar surface area (TPSA) is 52.6 Å². The molecule has 8 fully saturated rings. The lowest BCUT2D eigenvalue weighted by Crippen LogP contribution is -2.52. The van der Waals surface area contributed by atoms with Crippen LogP contribution in [0, 0.1) is 35.5 Å². The van der Waals surface area contributed by atoms with Gasteiger partial charge in [0.1, 0.15) is 11.2 Å². The van der Waals surface area contributed by atoms with E-state index < -0.39 is 0 Å². The number of rotatable bonds is 4. The molecule has 0 aromatic carbocycles. The van der Waals surface area contributed by atoms with Gasteiger partial charge in [-0.15, -0.1) is 0 Å². The van der Waals surface area contributed by atoms with Crippen LogP contribution >= 0.6 is 0 Å². The van der Waals surface area contributed by atoms with Crippen molar-refractivity contribution in [2.45, 2.75) is 102 Å². The smallest absolute Gasteiger partial charge is 0.333 e. The van der Waals surface area contributed by atoms with Crippen molar-refractivity contribution in [3.63, 3.8) is 0 Å². The number of hydrogen-bond acceptors (Lipinski definition) is 4. The van der Waals surface area contributed by atoms with Crippen LogP contribution in [0.1, 0.15) is 90.9 Å². The van der Waals surface area contributed by atoms with Crippen molar-refractivity contribution >= 4 is 11.9 Å². The van der Waals surface area contributed by atoms with Crippen LogP contribution in [0.15, 0.2) is 24.3 Å². The molecule has 0 radical (unpaired) electrons. The average Bonchev–Trinajstić information content (AvgIpc) is 2.65. The van der Waals surface area contributed by atoms with Gasteiger partial charge < -0.3 is 9.47 Å². The van der Waals surface area contributed by atoms with Gasteiger partial charge in [0, 0.05) is 11.1 Å². The summed E-state index contributed by atoms with van der Waals surface area (Å²) in [5.41, 5.74) is 0.863. The van der Waals surface area contributed by atoms with Gasteiger partial charge in [-0.2, -0.15) is 0 Å². The summed E-state index contributed by atoms with van der Waals surface area (Å²) in [5.74, 6) is 4.58. The fraction of sp³-hybridized carbons (Fsp3) is 0.786. The fourth-order valence-electron chi connectivity index (χ4n) is 8.88. The maximum absolute atomic E-state index is 11.7. The summed E-state index contributed by atoms with van der Waals surface area (Å²) < 4.78 is 11.5. The minimum Gasteiger partial charge on any atom is -0.456 e. The van der Waals surface area contributed by atoms with Gasteiger partial charge in [-0.3, -0.25) is 0 Å². The van der Waals surface area contributed by atoms with Crippen LogP contribution in [0.3, 0.4) is 0 Å². The molecule has 0 aromatic heterocycles. The summed E-state index contributed by atoms with van der Waals surface area (Å²) in [6, 6.07) is 0. The molecule has 8 bridgehead atoms. The maximum atomic E-state index is 11.7. The molecule has 0 heterocycles. The fourth-order valence-corrected chi connectivity index (χ4v) is 8.88. The molecule has 8 aliphatic carbocycles. The molecule has 0 N–H and O–H groups in total. The minimum atomic E-state index is -0.179. The largest absolute Gasteiger partial charge is 0.456 e. The molecule has 0 spiro atoms. The second kappa shape index (κ2) is 8.02. The summed E-state index contributed by atoms with van der Waals surface area (Å²) in [4.78, 5) is 23.4. The summed E-state index contributed by atoms with van der Waals surface area (Å²) in [6.45, 7) is 10.8. The van der Waals surface area contributed by atoms with Crippen molar-refractivity contribution in [2.75, 3.05) is 0 Å². The van der Waals surface area contributed by atoms with E-state index in [1.54, 1.807) is 13.8 Å². The highest BCUT2D eigenvalue weighted by molar-refractivity contribution is 5.87. The first-order valence-electron chi connectivity index (χ1n) is 12.9. The molecule has 8 rings (SSSR count). The zero-order valence-corrected chi connectivity index (χ0v) is 20.0. The van der Waals surface area contributed by atoms with E-state index in [0.717, 1.165) is 74.0 Å². The lowest BCUT2D eigenvalue weighted by Gasteiger charge is -2.55. The van der Waals surface area contributed by atoms with Crippen molar-refractivity contribution < 1.29 is 19.1 Å². The summed E-state index contributed by atoms with van der Waals surface area (Å²) in [7, 11) is 0. The number of carbonyl (C=O) groups is 2. The summed E-state index contributed by atoms with van der Waals surface area (Å²) >= 11 is 0. The Hall–Kier alpha value is -1.58. The molecule has 4 heteroatoms. The summed E-state index contributed by atoms with van der Waals surface area (Å²) in [6.07, 6.45) is 14.9. The van der Waals surface area contributed by atoms with Crippen LogP contribution < -0.4 is 0 Å². The molecular formula is C28H40O4. The third-order valence-corrected chi connectivity index (χ3v) is 9.28. The first-order chi connectivity index (χ1) is 15.1. The van der Waals surface area contributed by atoms with Crippen LogP contribution in [0.25, 0.3) is 0 Å². The Bertz CT molecular complexity index is 683. The van der Waals surface area contributed by atoms with Crippen LogP contribution in [0.2, 0.25) is 0 Å². The normalized spacial score (nSPS) is 44.4. The van der Waals surface area contributed by atoms with Gasteiger partial charge in [-0.1, -0.05) is 13.2 Å². The predicted octanol–water partition coefficient (Wildman–Crippen LogP) is 6.15. The van der Waals surface area contributed by atoms with E-state index in [0.29, 0.717) is 11.1 Å². The quantitative estimate of drug-likeness (QED) is 0.389. The molecule has 176 valence electrons. The minimum absolute atomic E-state index is 0.106. The molecular weight excluding hydrogens is 400 g/mol. The van der Waals surface area contributed by atoms with Gasteiger partial charge >= 0.3 is 11.9 Å². The molecule has 4 nitrogen and oxygen atoms in total. The molecule has 32 heavy (non-hydrogen) atoms. The Morgan fingerprint density at radius 3 is 0.969 bits per heavy atom. The lowest BCUT2D eigenvalue weighted by molar-refractivity contribution is -0.183. The highest BCUT2D eigenvalue weighted by Crippen LogP contribution is 2.58. The Morgan fingerprint density at radius 1 is 0.562 bits per heavy atom. The Balaban J connectivity index is 0.000000135. The lowest BCUT2D eigenvalue weighted by atomic mass is 9.54. The molecule has 0 amide bonds. The van der Waals surface area contributed by atoms with Gasteiger partial charge in [0.2, 0.25) is 0 Å². The molecule has 0 aliphatic heterocycles. The van der Waals surface area contributed by atoms with Crippen molar-refractivity contribution in [1.82, 2.24) is 0 Å². The highest BCUT2D eigenvalue weighted by atomic mass is 16.6. The van der Waals surface area contributed by atoms with Gasteiger partial charge in [-0.25, -0.2) is 9.59 Å². The van der Waals surface area contributed by atoms with Crippen LogP contribution in [-0.4, -0.2) is 23.1 Å². The van der Waals surface area contributed by atoms with Crippen LogP contribution in [0.4, 0.5) is 0 Å². The van der Waals surface area contributed by atoms with Crippen molar-refractivity contribution in [3.8, 4) is 0 Å². The van der Waals surface area contributed by atoms with Crippen molar-refractivity contribution in [2.24, 2.45) is 35.5 Å². The van der Waals surface area contributed by atoms with E-state index in [9.17, 15) is 9.59 Å². The monoisotopic (exact) mass is 440 g/mol. The number of ether oxygens (including phenoxy) is 2. The molecule has 0 saturated heterocycles. The van der Waals surface area contributed by atoms with E-state index in [-0.39, 0.29) is 23.1 Å². The molecule has 0 unspecified atom stereocenters. The second-order valence-electron chi connectivity index (χ2n) is 12.5. The zero-order valence-electron chi connectivity index (χ0n) is 20.0. The molecule has 8 saturated carbocycles. The Kier molecular flexibility index (Phi) is 5.57. The standard InChI is InChI=1S/2C14H20O2/c2*1-9(2)13(15)16-14-6-10-3-11(7-14)5-12(4-10)8-14/h2*10-12H,1,3-8H2,2H3. The van der Waals surface area contributed by atoms with Crippen LogP contribution in [-0.2, 0) is 19.1 Å². The SMILES string of the molecule is C=C(C)C(=O)OC12CC3CC(CC(C3)C1)C2.C=C(C)C(=O)OC12CC3CC(CC(C3)C1)C2. The highest BCUT2D eigenvalue weighted by Gasteiger charge is 2.54. The number of carbonyl (C=O) groups excluding carboxylic acids is 2. The van der Waals surface area contributed by atoms with Gasteiger partial charge in [0.25, 0.3) is 0 Å². The Morgan fingerprint density at radius 2 is 0.781 bits per heavy atom. The molecule has 0 atom stereocenters. The predicted molar refractivity (Wildman–Crippen MR) is 124 cm³/mol. The van der Waals surface area contributed by atoms with Crippen LogP contribution in [0.5, 0.6) is 0 Å². The summed E-state index contributed by atoms with van der Waals surface area (Å²) in [5, 5.41) is 0. The molecule has 8 aliphatic rings. The molecule has 0 aromatic rings. The first kappa shape index (κ1) is 22.2. The van der Waals surface area contributed by atoms with Gasteiger partial charge in [-0.05, 0) is 126 Å². The van der Waals surface area contributed by atoms with E-state index >= 15 is 0 Å². The van der Waals surface area contributed by atoms with E-state index in [4.69, 9.17) is 9.47 Å². The third-order valence-electron chi connectivity index (χ3n) is 9.28. The average molecular weight is 441 g/mol. The number of hydrogen-bond donors (Lipinski definition) is 0. The van der Waals surface area contributed by atoms with E-state index in [1.807, 2.05) is 0 Å². The second-order valence-corrected chi connectivity index (χ2v) is 12.5. The van der Waals surface area contributed by atoms with Crippen molar-refractivity contribution in [1.29, 1.82) is 0 Å². The van der Waals surface area contributed by atoms with Gasteiger partial charge in [0.15, 0.2) is 0 Å². The van der Waals surface area contributed by atoms with Crippen molar-refractivity contribution in [3.05, 3.63) is 24.3 Å². The van der Waals surface area contributed by atoms with Gasteiger partial charge in [0.05, 0.1) is 0 Å².